The number of unbranched alkanes of at least 4 members (excludes halogenated alkanes) is 3. The summed E-state index contributed by atoms with van der Waals surface area (Å²) in [7, 11) is 0. The van der Waals surface area contributed by atoms with Crippen molar-refractivity contribution in [3.63, 3.8) is 0 Å². The largest absolute Gasteiger partial charge is 0.381 e. The van der Waals surface area contributed by atoms with E-state index in [9.17, 15) is 9.59 Å². The van der Waals surface area contributed by atoms with Crippen LogP contribution in [0.1, 0.15) is 39.0 Å². The zero-order valence-corrected chi connectivity index (χ0v) is 14.9. The second-order valence-corrected chi connectivity index (χ2v) is 6.62. The highest BCUT2D eigenvalue weighted by Crippen LogP contribution is 2.31. The molecule has 7 heteroatoms. The lowest BCUT2D eigenvalue weighted by Gasteiger charge is -2.40. The Morgan fingerprint density at radius 1 is 1.28 bits per heavy atom. The van der Waals surface area contributed by atoms with Crippen molar-refractivity contribution in [3.05, 3.63) is 28.6 Å². The molecule has 0 aliphatic carbocycles. The zero-order valence-electron chi connectivity index (χ0n) is 14.9. The maximum Gasteiger partial charge on any atom is 0.320 e. The fraction of sp³-hybridized carbons (Fsp3) is 0.667. The topological polar surface area (TPSA) is 92.5 Å². The van der Waals surface area contributed by atoms with Gasteiger partial charge in [0, 0.05) is 24.6 Å². The molecule has 2 heterocycles. The number of carbonyl (C=O) groups is 1. The number of pyridine rings is 1. The molecule has 1 aromatic heterocycles. The van der Waals surface area contributed by atoms with Gasteiger partial charge in [-0.1, -0.05) is 25.8 Å². The Kier molecular flexibility index (Phi) is 7.94. The van der Waals surface area contributed by atoms with E-state index < -0.39 is 0 Å². The minimum atomic E-state index is -0.308. The summed E-state index contributed by atoms with van der Waals surface area (Å²) in [5, 5.41) is 5.37. The highest BCUT2D eigenvalue weighted by Gasteiger charge is 2.36. The van der Waals surface area contributed by atoms with E-state index in [1.165, 1.54) is 6.07 Å². The van der Waals surface area contributed by atoms with Crippen molar-refractivity contribution >= 4 is 11.8 Å². The molecule has 25 heavy (non-hydrogen) atoms. The van der Waals surface area contributed by atoms with Gasteiger partial charge >= 0.3 is 6.03 Å². The van der Waals surface area contributed by atoms with Crippen molar-refractivity contribution in [1.82, 2.24) is 10.3 Å². The zero-order chi connectivity index (χ0) is 18.0. The molecule has 0 saturated carbocycles. The van der Waals surface area contributed by atoms with Crippen molar-refractivity contribution in [2.24, 2.45) is 5.41 Å². The molecule has 1 aliphatic rings. The van der Waals surface area contributed by atoms with Gasteiger partial charge in [0.25, 0.3) is 0 Å². The van der Waals surface area contributed by atoms with Crippen LogP contribution in [0.5, 0.6) is 0 Å². The molecule has 0 aromatic carbocycles. The van der Waals surface area contributed by atoms with Crippen LogP contribution < -0.4 is 16.2 Å². The first-order valence-corrected chi connectivity index (χ1v) is 9.03. The van der Waals surface area contributed by atoms with Crippen LogP contribution in [-0.2, 0) is 9.47 Å². The summed E-state index contributed by atoms with van der Waals surface area (Å²) in [4.78, 5) is 25.3. The third-order valence-corrected chi connectivity index (χ3v) is 4.49. The summed E-state index contributed by atoms with van der Waals surface area (Å²) in [5.41, 5.74) is 0.0232. The standard InChI is InChI=1S/C18H29N3O4/c1-2-18(13-25-14-18)12-24-11-6-4-3-5-10-19-17(23)21-15-8-7-9-16(22)20-15/h7-9H,2-6,10-14H2,1H3,(H3,19,20,21,22,23). The van der Waals surface area contributed by atoms with Gasteiger partial charge in [0.1, 0.15) is 5.82 Å². The fourth-order valence-electron chi connectivity index (χ4n) is 2.64. The Morgan fingerprint density at radius 2 is 2.08 bits per heavy atom. The van der Waals surface area contributed by atoms with Crippen LogP contribution in [0.4, 0.5) is 10.6 Å². The molecule has 1 saturated heterocycles. The van der Waals surface area contributed by atoms with Gasteiger partial charge < -0.3 is 19.8 Å². The van der Waals surface area contributed by atoms with Crippen molar-refractivity contribution < 1.29 is 14.3 Å². The predicted octanol–water partition coefficient (Wildman–Crippen LogP) is 2.50. The molecule has 2 amide bonds. The summed E-state index contributed by atoms with van der Waals surface area (Å²) in [5.74, 6) is 0.392. The molecule has 0 spiro atoms. The number of aromatic nitrogens is 1. The first-order valence-electron chi connectivity index (χ1n) is 9.03. The van der Waals surface area contributed by atoms with Gasteiger partial charge in [-0.15, -0.1) is 0 Å². The van der Waals surface area contributed by atoms with Crippen LogP contribution >= 0.6 is 0 Å². The van der Waals surface area contributed by atoms with E-state index in [1.807, 2.05) is 0 Å². The van der Waals surface area contributed by atoms with E-state index in [-0.39, 0.29) is 17.0 Å². The molecule has 1 aliphatic heterocycles. The molecule has 0 bridgehead atoms. The molecule has 1 fully saturated rings. The van der Waals surface area contributed by atoms with Crippen LogP contribution in [0.3, 0.4) is 0 Å². The molecule has 2 rings (SSSR count). The van der Waals surface area contributed by atoms with Gasteiger partial charge in [0.05, 0.1) is 19.8 Å². The summed E-state index contributed by atoms with van der Waals surface area (Å²) in [6.45, 7) is 6.04. The molecular weight excluding hydrogens is 322 g/mol. The smallest absolute Gasteiger partial charge is 0.320 e. The number of nitrogens with one attached hydrogen (secondary N) is 3. The van der Waals surface area contributed by atoms with Crippen LogP contribution in [0, 0.1) is 5.41 Å². The molecular formula is C18H29N3O4. The molecule has 0 unspecified atom stereocenters. The Bertz CT molecular complexity index is 578. The first-order chi connectivity index (χ1) is 12.1. The third kappa shape index (κ3) is 6.88. The molecule has 140 valence electrons. The van der Waals surface area contributed by atoms with Crippen molar-refractivity contribution in [2.75, 3.05) is 38.3 Å². The number of rotatable bonds is 11. The number of hydrogen-bond acceptors (Lipinski definition) is 4. The molecule has 1 aromatic rings. The molecule has 7 nitrogen and oxygen atoms in total. The Morgan fingerprint density at radius 3 is 2.76 bits per heavy atom. The van der Waals surface area contributed by atoms with Gasteiger partial charge in [-0.3, -0.25) is 10.1 Å². The number of H-pyrrole nitrogens is 1. The van der Waals surface area contributed by atoms with Crippen molar-refractivity contribution in [1.29, 1.82) is 0 Å². The Hall–Kier alpha value is -1.86. The molecule has 0 atom stereocenters. The number of ether oxygens (including phenoxy) is 2. The molecule has 3 N–H and O–H groups in total. The number of carbonyl (C=O) groups excluding carboxylic acids is 1. The van der Waals surface area contributed by atoms with Gasteiger partial charge in [0.15, 0.2) is 0 Å². The lowest BCUT2D eigenvalue weighted by Crippen LogP contribution is -2.45. The van der Waals surface area contributed by atoms with Crippen LogP contribution in [0.15, 0.2) is 23.0 Å². The van der Waals surface area contributed by atoms with Crippen LogP contribution in [-0.4, -0.2) is 44.0 Å². The van der Waals surface area contributed by atoms with E-state index in [0.29, 0.717) is 12.4 Å². The third-order valence-electron chi connectivity index (χ3n) is 4.49. The summed E-state index contributed by atoms with van der Waals surface area (Å²) < 4.78 is 11.0. The van der Waals surface area contributed by atoms with Crippen molar-refractivity contribution in [3.8, 4) is 0 Å². The predicted molar refractivity (Wildman–Crippen MR) is 96.9 cm³/mol. The van der Waals surface area contributed by atoms with E-state index in [0.717, 1.165) is 58.5 Å². The second kappa shape index (κ2) is 10.2. The maximum absolute atomic E-state index is 11.7. The van der Waals surface area contributed by atoms with Crippen molar-refractivity contribution in [2.45, 2.75) is 39.0 Å². The summed E-state index contributed by atoms with van der Waals surface area (Å²) in [6, 6.07) is 4.32. The van der Waals surface area contributed by atoms with E-state index in [1.54, 1.807) is 12.1 Å². The van der Waals surface area contributed by atoms with Crippen LogP contribution in [0.25, 0.3) is 0 Å². The monoisotopic (exact) mass is 351 g/mol. The highest BCUT2D eigenvalue weighted by atomic mass is 16.5. The Balaban J connectivity index is 1.43. The average molecular weight is 351 g/mol. The average Bonchev–Trinajstić information content (AvgIpc) is 2.55. The maximum atomic E-state index is 11.7. The lowest BCUT2D eigenvalue weighted by molar-refractivity contribution is -0.150. The van der Waals surface area contributed by atoms with Crippen LogP contribution in [0.2, 0.25) is 0 Å². The number of urea groups is 1. The summed E-state index contributed by atoms with van der Waals surface area (Å²) in [6.07, 6.45) is 5.21. The second-order valence-electron chi connectivity index (χ2n) is 6.62. The fourth-order valence-corrected chi connectivity index (χ4v) is 2.64. The van der Waals surface area contributed by atoms with Gasteiger partial charge in [-0.25, -0.2) is 4.79 Å². The highest BCUT2D eigenvalue weighted by molar-refractivity contribution is 5.88. The van der Waals surface area contributed by atoms with Gasteiger partial charge in [-0.05, 0) is 25.3 Å². The number of anilines is 1. The number of hydrogen-bond donors (Lipinski definition) is 3. The minimum Gasteiger partial charge on any atom is -0.381 e. The van der Waals surface area contributed by atoms with E-state index >= 15 is 0 Å². The quantitative estimate of drug-likeness (QED) is 0.534. The molecule has 0 radical (unpaired) electrons. The van der Waals surface area contributed by atoms with Gasteiger partial charge in [0.2, 0.25) is 5.56 Å². The number of amides is 2. The normalized spacial score (nSPS) is 15.4. The first kappa shape index (κ1) is 19.5. The minimum absolute atomic E-state index is 0.241. The number of aromatic amines is 1. The van der Waals surface area contributed by atoms with E-state index in [4.69, 9.17) is 9.47 Å². The lowest BCUT2D eigenvalue weighted by atomic mass is 9.84. The summed E-state index contributed by atoms with van der Waals surface area (Å²) >= 11 is 0. The van der Waals surface area contributed by atoms with E-state index in [2.05, 4.69) is 22.5 Å². The SMILES string of the molecule is CCC1(COCCCCCCNC(=O)Nc2cccc(=O)[nH]2)COC1. The van der Waals surface area contributed by atoms with Gasteiger partial charge in [-0.2, -0.15) is 0 Å². The Labute approximate surface area is 148 Å².